The molecule has 0 spiro atoms. The third kappa shape index (κ3) is 4.72. The Morgan fingerprint density at radius 2 is 2.00 bits per heavy atom. The van der Waals surface area contributed by atoms with Crippen LogP contribution < -0.4 is 30.1 Å². The zero-order chi connectivity index (χ0) is 21.7. The SMILES string of the molecule is Cn1c[n+]([C@@H]2O[C@H](CSP(=O)([O-])OP(=O)([O-])[O-])C(O)[C@@H]2O)c2nc(N)nc([O-])c21. The molecule has 15 nitrogen and oxygen atoms in total. The first-order chi connectivity index (χ1) is 13.3. The summed E-state index contributed by atoms with van der Waals surface area (Å²) >= 11 is -0.0811. The van der Waals surface area contributed by atoms with E-state index in [2.05, 4.69) is 14.3 Å². The van der Waals surface area contributed by atoms with Crippen molar-refractivity contribution in [2.24, 2.45) is 7.05 Å². The second-order valence-corrected chi connectivity index (χ2v) is 11.2. The van der Waals surface area contributed by atoms with Crippen molar-refractivity contribution in [3.05, 3.63) is 6.33 Å². The van der Waals surface area contributed by atoms with Gasteiger partial charge < -0.3 is 45.0 Å². The molecule has 0 aliphatic carbocycles. The lowest BCUT2D eigenvalue weighted by Crippen LogP contribution is -2.46. The smallest absolute Gasteiger partial charge is 0.309 e. The minimum absolute atomic E-state index is 0.00558. The number of aromatic nitrogens is 4. The van der Waals surface area contributed by atoms with Crippen LogP contribution in [0.15, 0.2) is 6.33 Å². The predicted molar refractivity (Wildman–Crippen MR) is 87.2 cm³/mol. The molecule has 2 aromatic heterocycles. The van der Waals surface area contributed by atoms with Crippen LogP contribution in [0.5, 0.6) is 5.88 Å². The van der Waals surface area contributed by atoms with E-state index in [1.807, 2.05) is 0 Å². The van der Waals surface area contributed by atoms with Crippen molar-refractivity contribution in [3.63, 3.8) is 0 Å². The van der Waals surface area contributed by atoms with Crippen LogP contribution in [0, 0.1) is 0 Å². The molecule has 4 N–H and O–H groups in total. The second-order valence-electron chi connectivity index (χ2n) is 6.01. The van der Waals surface area contributed by atoms with Gasteiger partial charge in [-0.3, -0.25) is 13.4 Å². The number of hydrogen-bond acceptors (Lipinski definition) is 14. The maximum absolute atomic E-state index is 12.0. The molecular weight excluding hydrogens is 456 g/mol. The van der Waals surface area contributed by atoms with Crippen LogP contribution in [0.3, 0.4) is 0 Å². The molecule has 5 atom stereocenters. The molecule has 3 heterocycles. The summed E-state index contributed by atoms with van der Waals surface area (Å²) in [7, 11) is -4.28. The Labute approximate surface area is 166 Å². The topological polar surface area (TPSA) is 246 Å². The molecule has 2 unspecified atom stereocenters. The van der Waals surface area contributed by atoms with Crippen LogP contribution in [0.25, 0.3) is 11.2 Å². The van der Waals surface area contributed by atoms with Crippen LogP contribution in [0.4, 0.5) is 5.95 Å². The summed E-state index contributed by atoms with van der Waals surface area (Å²) in [6, 6.07) is 0. The summed E-state index contributed by atoms with van der Waals surface area (Å²) in [4.78, 5) is 39.9. The number of hydrogen-bond donors (Lipinski definition) is 3. The number of nitrogen functional groups attached to an aromatic ring is 1. The molecule has 1 saturated heterocycles. The highest BCUT2D eigenvalue weighted by molar-refractivity contribution is 8.54. The van der Waals surface area contributed by atoms with Gasteiger partial charge in [-0.1, -0.05) is 16.4 Å². The molecule has 162 valence electrons. The number of phosphoric acid groups is 1. The Morgan fingerprint density at radius 1 is 1.34 bits per heavy atom. The van der Waals surface area contributed by atoms with Crippen molar-refractivity contribution < 1.29 is 52.7 Å². The molecule has 3 rings (SSSR count). The maximum Gasteiger partial charge on any atom is 0.309 e. The van der Waals surface area contributed by atoms with Crippen LogP contribution >= 0.6 is 26.0 Å². The summed E-state index contributed by atoms with van der Waals surface area (Å²) in [5.74, 6) is -1.57. The monoisotopic (exact) mass is 470 g/mol. The van der Waals surface area contributed by atoms with Gasteiger partial charge in [0.05, 0.1) is 21.0 Å². The number of aliphatic hydroxyl groups is 2. The standard InChI is InChI=1S/C11H17N5O10P2S/c1-15-3-16(8-5(15)9(19)14-11(12)13-8)10-7(18)6(17)4(25-10)2-29-28(23,24)26-27(20,21)22/h3-4,6-7,10,17-18H,2H2,1H3,(H5-,12,13,14,19,20,21,22,23,24)/p-3/t4-,6?,7+,10-/m1/s1. The number of imidazole rings is 1. The van der Waals surface area contributed by atoms with Crippen LogP contribution in [-0.2, 0) is 25.2 Å². The van der Waals surface area contributed by atoms with Crippen molar-refractivity contribution >= 4 is 43.1 Å². The zero-order valence-corrected chi connectivity index (χ0v) is 17.0. The second kappa shape index (κ2) is 7.74. The van der Waals surface area contributed by atoms with Gasteiger partial charge in [-0.05, 0) is 0 Å². The fraction of sp³-hybridized carbons (Fsp3) is 0.545. The number of aliphatic hydroxyl groups excluding tert-OH is 2. The maximum atomic E-state index is 12.0. The lowest BCUT2D eigenvalue weighted by molar-refractivity contribution is -0.745. The number of nitrogens with two attached hydrogens (primary N) is 1. The van der Waals surface area contributed by atoms with Gasteiger partial charge in [0.2, 0.25) is 6.23 Å². The summed E-state index contributed by atoms with van der Waals surface area (Å²) < 4.78 is 33.5. The van der Waals surface area contributed by atoms with Crippen molar-refractivity contribution in [2.45, 2.75) is 24.5 Å². The van der Waals surface area contributed by atoms with Crippen LogP contribution in [0.2, 0.25) is 0 Å². The molecule has 0 bridgehead atoms. The largest absolute Gasteiger partial charge is 0.856 e. The summed E-state index contributed by atoms with van der Waals surface area (Å²) in [6.07, 6.45) is -4.41. The zero-order valence-electron chi connectivity index (χ0n) is 14.4. The van der Waals surface area contributed by atoms with Gasteiger partial charge in [-0.25, -0.2) is 9.55 Å². The minimum Gasteiger partial charge on any atom is -0.856 e. The van der Waals surface area contributed by atoms with E-state index in [1.165, 1.54) is 22.5 Å². The van der Waals surface area contributed by atoms with Crippen molar-refractivity contribution in [1.29, 1.82) is 0 Å². The first-order valence-corrected chi connectivity index (χ1v) is 12.3. The van der Waals surface area contributed by atoms with Crippen molar-refractivity contribution in [3.8, 4) is 5.88 Å². The van der Waals surface area contributed by atoms with E-state index in [4.69, 9.17) is 10.5 Å². The van der Waals surface area contributed by atoms with E-state index < -0.39 is 50.8 Å². The molecular formula is C11H14N5O10P2S-3. The van der Waals surface area contributed by atoms with E-state index in [1.54, 1.807) is 0 Å². The molecule has 29 heavy (non-hydrogen) atoms. The molecule has 2 aromatic rings. The first-order valence-electron chi connectivity index (χ1n) is 7.70. The third-order valence-corrected chi connectivity index (χ3v) is 8.34. The Bertz CT molecular complexity index is 1030. The fourth-order valence-corrected chi connectivity index (χ4v) is 6.74. The first kappa shape index (κ1) is 22.4. The van der Waals surface area contributed by atoms with Gasteiger partial charge in [0.1, 0.15) is 12.2 Å². The molecule has 1 aliphatic heterocycles. The van der Waals surface area contributed by atoms with Crippen molar-refractivity contribution in [2.75, 3.05) is 11.5 Å². The Morgan fingerprint density at radius 3 is 2.62 bits per heavy atom. The lowest BCUT2D eigenvalue weighted by atomic mass is 10.1. The predicted octanol–water partition coefficient (Wildman–Crippen LogP) is -4.42. The lowest BCUT2D eigenvalue weighted by Gasteiger charge is -2.35. The van der Waals surface area contributed by atoms with Gasteiger partial charge >= 0.3 is 5.65 Å². The third-order valence-electron chi connectivity index (χ3n) is 3.95. The molecule has 0 radical (unpaired) electrons. The molecule has 1 aliphatic rings. The number of anilines is 1. The number of fused-ring (bicyclic) bond motifs is 1. The molecule has 0 amide bonds. The van der Waals surface area contributed by atoms with E-state index in [-0.39, 0.29) is 28.5 Å². The van der Waals surface area contributed by atoms with Gasteiger partial charge in [0.15, 0.2) is 18.6 Å². The summed E-state index contributed by atoms with van der Waals surface area (Å²) in [6.45, 7) is -5.14. The number of nitrogens with zero attached hydrogens (tertiary/aromatic N) is 4. The quantitative estimate of drug-likeness (QED) is 0.266. The van der Waals surface area contributed by atoms with Gasteiger partial charge in [0.25, 0.3) is 5.95 Å². The van der Waals surface area contributed by atoms with E-state index in [0.717, 1.165) is 0 Å². The Balaban J connectivity index is 1.83. The molecule has 0 aromatic carbocycles. The number of ether oxygens (including phenoxy) is 1. The van der Waals surface area contributed by atoms with Gasteiger partial charge in [-0.2, -0.15) is 0 Å². The minimum atomic E-state index is -5.78. The molecule has 0 saturated carbocycles. The average molecular weight is 470 g/mol. The Hall–Kier alpha value is -1.32. The molecule has 1 fully saturated rings. The van der Waals surface area contributed by atoms with Gasteiger partial charge in [0, 0.05) is 11.6 Å². The highest BCUT2D eigenvalue weighted by Gasteiger charge is 2.47. The van der Waals surface area contributed by atoms with Crippen LogP contribution in [0.1, 0.15) is 6.23 Å². The number of aryl methyl sites for hydroxylation is 1. The number of rotatable bonds is 6. The fourth-order valence-electron chi connectivity index (χ4n) is 2.82. The van der Waals surface area contributed by atoms with Crippen LogP contribution in [-0.4, -0.2) is 48.8 Å². The van der Waals surface area contributed by atoms with E-state index >= 15 is 0 Å². The normalized spacial score (nSPS) is 27.4. The molecule has 18 heteroatoms. The van der Waals surface area contributed by atoms with E-state index in [0.29, 0.717) is 0 Å². The summed E-state index contributed by atoms with van der Waals surface area (Å²) in [5, 5.41) is 32.5. The highest BCUT2D eigenvalue weighted by Crippen LogP contribution is 2.59. The summed E-state index contributed by atoms with van der Waals surface area (Å²) in [5.41, 5.74) is 5.53. The van der Waals surface area contributed by atoms with E-state index in [9.17, 15) is 39.1 Å². The average Bonchev–Trinajstić information content (AvgIpc) is 3.01. The highest BCUT2D eigenvalue weighted by atomic mass is 32.7. The van der Waals surface area contributed by atoms with Gasteiger partial charge in [-0.15, -0.1) is 0 Å². The van der Waals surface area contributed by atoms with Crippen molar-refractivity contribution in [1.82, 2.24) is 14.5 Å². The Kier molecular flexibility index (Phi) is 5.97.